The number of nitrogens with one attached hydrogen (secondary N) is 1. The normalized spacial score (nSPS) is 11.3. The van der Waals surface area contributed by atoms with Crippen LogP contribution in [0.2, 0.25) is 0 Å². The SMILES string of the molecule is CCN(C(=O)c1ccccc1NO)N(C(=O)c1ccc(C(Br)(Br)Br)cc1)C(C)C. The Hall–Kier alpha value is -1.42. The van der Waals surface area contributed by atoms with Crippen LogP contribution in [0.25, 0.3) is 0 Å². The van der Waals surface area contributed by atoms with Gasteiger partial charge in [-0.25, -0.2) is 10.0 Å². The number of benzene rings is 2. The highest BCUT2D eigenvalue weighted by Gasteiger charge is 2.30. The number of nitrogens with zero attached hydrogens (tertiary/aromatic N) is 2. The van der Waals surface area contributed by atoms with Gasteiger partial charge in [-0.3, -0.25) is 20.3 Å². The van der Waals surface area contributed by atoms with E-state index in [2.05, 4.69) is 47.8 Å². The first-order chi connectivity index (χ1) is 13.6. The van der Waals surface area contributed by atoms with E-state index in [1.54, 1.807) is 43.3 Å². The molecule has 0 aliphatic heterocycles. The summed E-state index contributed by atoms with van der Waals surface area (Å²) in [7, 11) is 0. The Bertz CT molecular complexity index is 867. The maximum Gasteiger partial charge on any atom is 0.274 e. The fourth-order valence-electron chi connectivity index (χ4n) is 2.86. The van der Waals surface area contributed by atoms with Gasteiger partial charge in [-0.1, -0.05) is 72.1 Å². The second kappa shape index (κ2) is 10.1. The Kier molecular flexibility index (Phi) is 8.28. The van der Waals surface area contributed by atoms with Crippen LogP contribution >= 0.6 is 47.8 Å². The minimum atomic E-state index is -0.571. The van der Waals surface area contributed by atoms with Crippen molar-refractivity contribution in [2.24, 2.45) is 0 Å². The van der Waals surface area contributed by atoms with Crippen molar-refractivity contribution in [1.29, 1.82) is 0 Å². The fraction of sp³-hybridized carbons (Fsp3) is 0.300. The Morgan fingerprint density at radius 1 is 1.03 bits per heavy atom. The van der Waals surface area contributed by atoms with Crippen LogP contribution in [0, 0.1) is 0 Å². The molecule has 0 radical (unpaired) electrons. The van der Waals surface area contributed by atoms with Crippen LogP contribution in [-0.4, -0.2) is 39.6 Å². The van der Waals surface area contributed by atoms with Gasteiger partial charge in [0.2, 0.25) is 0 Å². The minimum Gasteiger partial charge on any atom is -0.291 e. The highest BCUT2D eigenvalue weighted by atomic mass is 80.0. The number of amides is 2. The molecule has 2 aromatic carbocycles. The molecular formula is C20H22Br3N3O3. The summed E-state index contributed by atoms with van der Waals surface area (Å²) >= 11 is 10.4. The number of para-hydroxylation sites is 1. The smallest absolute Gasteiger partial charge is 0.274 e. The summed E-state index contributed by atoms with van der Waals surface area (Å²) in [5, 5.41) is 12.2. The highest BCUT2D eigenvalue weighted by Crippen LogP contribution is 2.44. The second-order valence-electron chi connectivity index (χ2n) is 6.50. The Morgan fingerprint density at radius 2 is 1.62 bits per heavy atom. The molecule has 0 fully saturated rings. The van der Waals surface area contributed by atoms with Gasteiger partial charge < -0.3 is 0 Å². The van der Waals surface area contributed by atoms with E-state index in [0.717, 1.165) is 5.56 Å². The molecule has 0 saturated carbocycles. The summed E-state index contributed by atoms with van der Waals surface area (Å²) in [6.45, 7) is 5.78. The van der Waals surface area contributed by atoms with Crippen molar-refractivity contribution in [3.05, 3.63) is 65.2 Å². The molecule has 2 aromatic rings. The summed E-state index contributed by atoms with van der Waals surface area (Å²) in [6.07, 6.45) is 0. The molecule has 2 amide bonds. The summed E-state index contributed by atoms with van der Waals surface area (Å²) in [4.78, 5) is 26.5. The van der Waals surface area contributed by atoms with Crippen LogP contribution in [0.15, 0.2) is 48.5 Å². The molecule has 0 saturated heterocycles. The van der Waals surface area contributed by atoms with Crippen LogP contribution < -0.4 is 5.48 Å². The van der Waals surface area contributed by atoms with Crippen molar-refractivity contribution in [1.82, 2.24) is 10.0 Å². The van der Waals surface area contributed by atoms with E-state index in [-0.39, 0.29) is 35.7 Å². The average Bonchev–Trinajstić information content (AvgIpc) is 2.70. The lowest BCUT2D eigenvalue weighted by molar-refractivity contribution is -0.0149. The lowest BCUT2D eigenvalue weighted by atomic mass is 10.1. The van der Waals surface area contributed by atoms with Crippen molar-refractivity contribution < 1.29 is 14.8 Å². The monoisotopic (exact) mass is 589 g/mol. The molecule has 156 valence electrons. The van der Waals surface area contributed by atoms with Crippen molar-refractivity contribution >= 4 is 65.3 Å². The number of halogens is 3. The quantitative estimate of drug-likeness (QED) is 0.345. The molecule has 0 spiro atoms. The van der Waals surface area contributed by atoms with Gasteiger partial charge in [0.25, 0.3) is 11.8 Å². The van der Waals surface area contributed by atoms with Gasteiger partial charge in [0.1, 0.15) is 0 Å². The molecule has 29 heavy (non-hydrogen) atoms. The zero-order valence-corrected chi connectivity index (χ0v) is 21.0. The lowest BCUT2D eigenvalue weighted by Gasteiger charge is -2.37. The van der Waals surface area contributed by atoms with Gasteiger partial charge >= 0.3 is 0 Å². The molecule has 9 heteroatoms. The van der Waals surface area contributed by atoms with Crippen molar-refractivity contribution in [2.45, 2.75) is 29.0 Å². The van der Waals surface area contributed by atoms with E-state index in [4.69, 9.17) is 0 Å². The minimum absolute atomic E-state index is 0.261. The van der Waals surface area contributed by atoms with Crippen LogP contribution in [0.3, 0.4) is 0 Å². The van der Waals surface area contributed by atoms with Crippen LogP contribution in [-0.2, 0) is 2.14 Å². The predicted octanol–water partition coefficient (Wildman–Crippen LogP) is 5.71. The number of carbonyl (C=O) groups is 2. The van der Waals surface area contributed by atoms with E-state index in [1.165, 1.54) is 10.0 Å². The lowest BCUT2D eigenvalue weighted by Crippen LogP contribution is -2.53. The van der Waals surface area contributed by atoms with E-state index in [0.29, 0.717) is 5.56 Å². The third-order valence-electron chi connectivity index (χ3n) is 4.23. The standard InChI is InChI=1S/C20H22Br3N3O3/c1-4-25(19(28)16-7-5-6-8-17(16)24-29)26(13(2)3)18(27)14-9-11-15(12-10-14)20(21,22)23/h5-13,24,29H,4H2,1-3H3. The van der Waals surface area contributed by atoms with Gasteiger partial charge in [0, 0.05) is 18.2 Å². The zero-order chi connectivity index (χ0) is 21.8. The maximum atomic E-state index is 13.3. The Morgan fingerprint density at radius 3 is 2.10 bits per heavy atom. The number of hydrogen-bond donors (Lipinski definition) is 2. The molecule has 6 nitrogen and oxygen atoms in total. The summed E-state index contributed by atoms with van der Waals surface area (Å²) in [6, 6.07) is 13.4. The topological polar surface area (TPSA) is 72.9 Å². The molecule has 0 aliphatic rings. The Labute approximate surface area is 195 Å². The summed E-state index contributed by atoms with van der Waals surface area (Å²) in [5.74, 6) is -0.677. The number of rotatable bonds is 5. The maximum absolute atomic E-state index is 13.3. The van der Waals surface area contributed by atoms with E-state index in [9.17, 15) is 14.8 Å². The van der Waals surface area contributed by atoms with Gasteiger partial charge in [-0.05, 0) is 50.6 Å². The summed E-state index contributed by atoms with van der Waals surface area (Å²) < 4.78 is -0.571. The van der Waals surface area contributed by atoms with E-state index < -0.39 is 2.14 Å². The summed E-state index contributed by atoms with van der Waals surface area (Å²) in [5.41, 5.74) is 3.93. The number of alkyl halides is 3. The largest absolute Gasteiger partial charge is 0.291 e. The molecule has 0 aliphatic carbocycles. The molecule has 2 N–H and O–H groups in total. The second-order valence-corrected chi connectivity index (χ2v) is 13.3. The number of hydrazine groups is 1. The van der Waals surface area contributed by atoms with Crippen LogP contribution in [0.4, 0.5) is 5.69 Å². The zero-order valence-electron chi connectivity index (χ0n) is 16.2. The average molecular weight is 592 g/mol. The first kappa shape index (κ1) is 23.9. The van der Waals surface area contributed by atoms with Crippen LogP contribution in [0.1, 0.15) is 47.1 Å². The third-order valence-corrected chi connectivity index (χ3v) is 5.60. The molecular weight excluding hydrogens is 570 g/mol. The first-order valence-electron chi connectivity index (χ1n) is 8.93. The highest BCUT2D eigenvalue weighted by molar-refractivity contribution is 9.38. The fourth-order valence-corrected chi connectivity index (χ4v) is 3.65. The third kappa shape index (κ3) is 5.59. The predicted molar refractivity (Wildman–Crippen MR) is 125 cm³/mol. The van der Waals surface area contributed by atoms with Crippen molar-refractivity contribution in [2.75, 3.05) is 12.0 Å². The number of hydrogen-bond acceptors (Lipinski definition) is 4. The number of carbonyl (C=O) groups excluding carboxylic acids is 2. The molecule has 0 aromatic heterocycles. The Balaban J connectivity index is 2.40. The van der Waals surface area contributed by atoms with Gasteiger partial charge in [0.15, 0.2) is 2.14 Å². The van der Waals surface area contributed by atoms with E-state index >= 15 is 0 Å². The molecule has 2 rings (SSSR count). The molecule has 0 heterocycles. The number of anilines is 1. The van der Waals surface area contributed by atoms with Gasteiger partial charge in [-0.2, -0.15) is 0 Å². The molecule has 0 bridgehead atoms. The van der Waals surface area contributed by atoms with Crippen LogP contribution in [0.5, 0.6) is 0 Å². The van der Waals surface area contributed by atoms with Crippen molar-refractivity contribution in [3.63, 3.8) is 0 Å². The van der Waals surface area contributed by atoms with Gasteiger partial charge in [0.05, 0.1) is 11.3 Å². The first-order valence-corrected chi connectivity index (χ1v) is 11.3. The van der Waals surface area contributed by atoms with Crippen molar-refractivity contribution in [3.8, 4) is 0 Å². The van der Waals surface area contributed by atoms with E-state index in [1.807, 2.05) is 31.5 Å². The molecule has 0 unspecified atom stereocenters. The molecule has 0 atom stereocenters. The van der Waals surface area contributed by atoms with Gasteiger partial charge in [-0.15, -0.1) is 0 Å².